The van der Waals surface area contributed by atoms with Crippen molar-refractivity contribution in [3.63, 3.8) is 0 Å². The van der Waals surface area contributed by atoms with Gasteiger partial charge >= 0.3 is 0 Å². The standard InChI is InChI=1S/C11H10N3OS.3W.Y/c1-5-3-6-4-7-8(10(6)16-5)13-14-9(7)11(15)12-2;;;;/h3H,2,4H2,1H3,(H2,12,13,14,15);;;;/q-1;;;;/p-1. The van der Waals surface area contributed by atoms with E-state index >= 15 is 0 Å². The number of thiophene rings is 1. The van der Waals surface area contributed by atoms with E-state index in [9.17, 15) is 4.79 Å². The van der Waals surface area contributed by atoms with Gasteiger partial charge in [-0.05, 0) is 30.5 Å². The number of aryl methyl sites for hydroxylation is 1. The van der Waals surface area contributed by atoms with E-state index in [4.69, 9.17) is 0 Å². The summed E-state index contributed by atoms with van der Waals surface area (Å²) in [5, 5.41) is 10.4. The molecule has 1 N–H and O–H groups in total. The second kappa shape index (κ2) is 9.64. The Labute approximate surface area is 189 Å². The van der Waals surface area contributed by atoms with Crippen molar-refractivity contribution in [2.45, 2.75) is 13.3 Å². The van der Waals surface area contributed by atoms with Crippen LogP contribution in [0.4, 0.5) is 0 Å². The monoisotopic (exact) mass is 872 g/mol. The molecule has 4 nitrogen and oxygen atoms in total. The molecule has 0 aliphatic heterocycles. The molecule has 20 heavy (non-hydrogen) atoms. The van der Waals surface area contributed by atoms with Crippen LogP contribution in [0.15, 0.2) is 6.07 Å². The fourth-order valence-corrected chi connectivity index (χ4v) is 3.08. The van der Waals surface area contributed by atoms with Gasteiger partial charge in [0.2, 0.25) is 5.91 Å². The summed E-state index contributed by atoms with van der Waals surface area (Å²) in [7, 11) is 3.35. The maximum absolute atomic E-state index is 11.5. The van der Waals surface area contributed by atoms with Gasteiger partial charge in [-0.15, -0.1) is 11.3 Å². The SMILES string of the molecule is [CH2-]NC(=O)c1n[n-]c2c1Cc1cc(C)sc1-2.[W].[W].[W].[Y]. The summed E-state index contributed by atoms with van der Waals surface area (Å²) in [5.74, 6) is -0.263. The van der Waals surface area contributed by atoms with E-state index in [-0.39, 0.29) is 102 Å². The zero-order valence-corrected chi connectivity index (χ0v) is 23.0. The average molecular weight is 872 g/mol. The van der Waals surface area contributed by atoms with Gasteiger partial charge in [0.15, 0.2) is 0 Å². The normalized spacial score (nSPS) is 9.90. The summed E-state index contributed by atoms with van der Waals surface area (Å²) >= 11 is 1.70. The Balaban J connectivity index is 0. The van der Waals surface area contributed by atoms with Crippen molar-refractivity contribution in [1.82, 2.24) is 15.5 Å². The smallest absolute Gasteiger partial charge is 0.239 e. The molecule has 0 saturated carbocycles. The molecular formula is C11H9N3OSW3Y-2. The second-order valence-electron chi connectivity index (χ2n) is 3.77. The first-order valence-electron chi connectivity index (χ1n) is 4.90. The summed E-state index contributed by atoms with van der Waals surface area (Å²) in [6.07, 6.45) is 0.755. The number of carbonyl (C=O) groups is 1. The van der Waals surface area contributed by atoms with Gasteiger partial charge in [-0.2, -0.15) is 0 Å². The first-order valence-corrected chi connectivity index (χ1v) is 5.71. The molecule has 0 bridgehead atoms. The molecule has 2 heterocycles. The molecule has 0 spiro atoms. The molecule has 0 saturated heterocycles. The fraction of sp³-hybridized carbons (Fsp3) is 0.182. The van der Waals surface area contributed by atoms with Crippen molar-refractivity contribution in [3.05, 3.63) is 34.8 Å². The predicted molar refractivity (Wildman–Crippen MR) is 61.2 cm³/mol. The Morgan fingerprint density at radius 2 is 2.10 bits per heavy atom. The topological polar surface area (TPSA) is 56.1 Å². The Morgan fingerprint density at radius 1 is 1.45 bits per heavy atom. The van der Waals surface area contributed by atoms with Gasteiger partial charge in [-0.25, -0.2) is 0 Å². The van der Waals surface area contributed by atoms with Crippen LogP contribution in [0.3, 0.4) is 0 Å². The average Bonchev–Trinajstić information content (AvgIpc) is 2.87. The van der Waals surface area contributed by atoms with Crippen LogP contribution in [-0.4, -0.2) is 11.0 Å². The molecule has 0 fully saturated rings. The van der Waals surface area contributed by atoms with Gasteiger partial charge in [0, 0.05) is 106 Å². The molecule has 1 amide bonds. The van der Waals surface area contributed by atoms with Crippen molar-refractivity contribution in [1.29, 1.82) is 0 Å². The summed E-state index contributed by atoms with van der Waals surface area (Å²) in [5.41, 5.74) is 3.46. The predicted octanol–water partition coefficient (Wildman–Crippen LogP) is 1.49. The zero-order chi connectivity index (χ0) is 11.3. The molecule has 1 aliphatic rings. The third-order valence-electron chi connectivity index (χ3n) is 2.71. The Morgan fingerprint density at radius 3 is 2.70 bits per heavy atom. The van der Waals surface area contributed by atoms with E-state index in [0.29, 0.717) is 5.69 Å². The van der Waals surface area contributed by atoms with Gasteiger partial charge in [-0.3, -0.25) is 11.8 Å². The minimum absolute atomic E-state index is 0. The molecule has 9 heteroatoms. The number of nitrogens with zero attached hydrogens (tertiary/aromatic N) is 2. The van der Waals surface area contributed by atoms with E-state index in [1.807, 2.05) is 0 Å². The van der Waals surface area contributed by atoms with E-state index in [1.165, 1.54) is 10.4 Å². The van der Waals surface area contributed by atoms with Crippen molar-refractivity contribution in [2.75, 3.05) is 0 Å². The molecular weight excluding hydrogens is 863 g/mol. The molecule has 2 aromatic rings. The van der Waals surface area contributed by atoms with E-state index in [0.717, 1.165) is 22.6 Å². The summed E-state index contributed by atoms with van der Waals surface area (Å²) in [6.45, 7) is 2.07. The van der Waals surface area contributed by atoms with Gasteiger partial charge in [0.25, 0.3) is 0 Å². The first kappa shape index (κ1) is 23.8. The minimum atomic E-state index is -0.263. The van der Waals surface area contributed by atoms with Crippen LogP contribution in [0, 0.1) is 14.0 Å². The summed E-state index contributed by atoms with van der Waals surface area (Å²) < 4.78 is 0. The number of hydrogen-bond donors (Lipinski definition) is 1. The third kappa shape index (κ3) is 4.09. The summed E-state index contributed by atoms with van der Waals surface area (Å²) in [4.78, 5) is 13.9. The first-order chi connectivity index (χ1) is 7.70. The van der Waals surface area contributed by atoms with Crippen molar-refractivity contribution in [2.24, 2.45) is 0 Å². The van der Waals surface area contributed by atoms with Crippen LogP contribution >= 0.6 is 11.3 Å². The van der Waals surface area contributed by atoms with E-state index in [2.05, 4.69) is 35.6 Å². The number of carbonyl (C=O) groups excluding carboxylic acids is 1. The zero-order valence-electron chi connectivity index (χ0n) is 10.5. The van der Waals surface area contributed by atoms with E-state index in [1.54, 1.807) is 11.3 Å². The van der Waals surface area contributed by atoms with Crippen LogP contribution < -0.4 is 10.4 Å². The number of hydrogen-bond acceptors (Lipinski definition) is 3. The van der Waals surface area contributed by atoms with Crippen LogP contribution in [0.25, 0.3) is 10.6 Å². The number of amides is 1. The Kier molecular flexibility index (Phi) is 11.5. The maximum atomic E-state index is 11.5. The number of nitrogens with one attached hydrogen (secondary N) is 1. The molecule has 2 aromatic heterocycles. The van der Waals surface area contributed by atoms with Crippen molar-refractivity contribution >= 4 is 17.2 Å². The minimum Gasteiger partial charge on any atom is -0.573 e. The fourth-order valence-electron chi connectivity index (χ4n) is 2.04. The number of aromatic nitrogens is 2. The molecule has 1 radical (unpaired) electrons. The molecule has 0 unspecified atom stereocenters. The molecule has 1 aliphatic carbocycles. The van der Waals surface area contributed by atoms with Crippen LogP contribution in [0.2, 0.25) is 0 Å². The van der Waals surface area contributed by atoms with Crippen LogP contribution in [-0.2, 0) is 102 Å². The summed E-state index contributed by atoms with van der Waals surface area (Å²) in [6, 6.07) is 2.15. The van der Waals surface area contributed by atoms with Crippen molar-refractivity contribution in [3.8, 4) is 10.6 Å². The van der Waals surface area contributed by atoms with Crippen molar-refractivity contribution < 1.29 is 101 Å². The van der Waals surface area contributed by atoms with Gasteiger partial charge in [-0.1, -0.05) is 5.69 Å². The third-order valence-corrected chi connectivity index (χ3v) is 3.81. The van der Waals surface area contributed by atoms with Crippen LogP contribution in [0.5, 0.6) is 0 Å². The van der Waals surface area contributed by atoms with Gasteiger partial charge in [0.1, 0.15) is 5.69 Å². The van der Waals surface area contributed by atoms with Gasteiger partial charge < -0.3 is 15.5 Å². The molecule has 0 atom stereocenters. The van der Waals surface area contributed by atoms with E-state index < -0.39 is 0 Å². The molecule has 0 aromatic carbocycles. The second-order valence-corrected chi connectivity index (χ2v) is 5.03. The maximum Gasteiger partial charge on any atom is 0.239 e. The molecule has 3 rings (SSSR count). The number of fused-ring (bicyclic) bond motifs is 3. The quantitative estimate of drug-likeness (QED) is 0.378. The Hall–Kier alpha value is 1.55. The number of rotatable bonds is 1. The van der Waals surface area contributed by atoms with Crippen LogP contribution in [0.1, 0.15) is 26.5 Å². The molecule has 103 valence electrons. The Bertz CT molecular complexity index is 600. The van der Waals surface area contributed by atoms with Gasteiger partial charge in [0.05, 0.1) is 0 Å². The largest absolute Gasteiger partial charge is 0.573 e.